The maximum absolute atomic E-state index is 12.3. The molecule has 3 nitrogen and oxygen atoms in total. The highest BCUT2D eigenvalue weighted by molar-refractivity contribution is 6.09. The zero-order chi connectivity index (χ0) is 13.0. The Hall–Kier alpha value is -2.29. The number of carbonyl (C=O) groups is 1. The van der Waals surface area contributed by atoms with Crippen LogP contribution in [0.4, 0.5) is 11.4 Å². The molecule has 0 saturated heterocycles. The summed E-state index contributed by atoms with van der Waals surface area (Å²) in [5.41, 5.74) is 3.28. The Kier molecular flexibility index (Phi) is 3.63. The number of rotatable bonds is 4. The molecule has 0 unspecified atom stereocenters. The standard InChI is InChI=1S/C15H16N2O/c1-16-13-9-8-12(10-14(13)17-2)15(18)11-6-4-3-5-7-11/h3-10,16-17H,1-2H3. The summed E-state index contributed by atoms with van der Waals surface area (Å²) in [4.78, 5) is 12.3. The van der Waals surface area contributed by atoms with Crippen molar-refractivity contribution >= 4 is 17.2 Å². The van der Waals surface area contributed by atoms with Gasteiger partial charge in [-0.05, 0) is 18.2 Å². The summed E-state index contributed by atoms with van der Waals surface area (Å²) in [7, 11) is 3.70. The first-order valence-electron chi connectivity index (χ1n) is 5.85. The van der Waals surface area contributed by atoms with Crippen molar-refractivity contribution in [3.8, 4) is 0 Å². The smallest absolute Gasteiger partial charge is 0.193 e. The highest BCUT2D eigenvalue weighted by atomic mass is 16.1. The lowest BCUT2D eigenvalue weighted by molar-refractivity contribution is 0.103. The van der Waals surface area contributed by atoms with Crippen molar-refractivity contribution in [1.29, 1.82) is 0 Å². The monoisotopic (exact) mass is 240 g/mol. The third kappa shape index (κ3) is 2.35. The summed E-state index contributed by atoms with van der Waals surface area (Å²) in [6.45, 7) is 0. The van der Waals surface area contributed by atoms with Gasteiger partial charge in [-0.3, -0.25) is 4.79 Å². The number of nitrogens with one attached hydrogen (secondary N) is 2. The van der Waals surface area contributed by atoms with Crippen molar-refractivity contribution in [3.05, 3.63) is 59.7 Å². The average Bonchev–Trinajstić information content (AvgIpc) is 2.46. The molecule has 0 fully saturated rings. The van der Waals surface area contributed by atoms with E-state index in [1.54, 1.807) is 0 Å². The lowest BCUT2D eigenvalue weighted by Crippen LogP contribution is -2.03. The lowest BCUT2D eigenvalue weighted by atomic mass is 10.0. The average molecular weight is 240 g/mol. The van der Waals surface area contributed by atoms with E-state index >= 15 is 0 Å². The molecule has 2 aromatic rings. The van der Waals surface area contributed by atoms with E-state index in [-0.39, 0.29) is 5.78 Å². The van der Waals surface area contributed by atoms with Crippen LogP contribution in [-0.4, -0.2) is 19.9 Å². The molecular formula is C15H16N2O. The van der Waals surface area contributed by atoms with E-state index < -0.39 is 0 Å². The minimum absolute atomic E-state index is 0.0368. The molecule has 0 radical (unpaired) electrons. The van der Waals surface area contributed by atoms with Gasteiger partial charge in [0.2, 0.25) is 0 Å². The fraction of sp³-hybridized carbons (Fsp3) is 0.133. The molecule has 2 N–H and O–H groups in total. The van der Waals surface area contributed by atoms with Gasteiger partial charge in [-0.25, -0.2) is 0 Å². The van der Waals surface area contributed by atoms with Crippen LogP contribution in [0, 0.1) is 0 Å². The highest BCUT2D eigenvalue weighted by Gasteiger charge is 2.10. The molecule has 92 valence electrons. The van der Waals surface area contributed by atoms with Crippen LogP contribution < -0.4 is 10.6 Å². The maximum Gasteiger partial charge on any atom is 0.193 e. The molecule has 0 aliphatic heterocycles. The van der Waals surface area contributed by atoms with E-state index in [4.69, 9.17) is 0 Å². The number of ketones is 1. The molecule has 0 aliphatic rings. The van der Waals surface area contributed by atoms with Crippen LogP contribution in [0.1, 0.15) is 15.9 Å². The second-order valence-corrected chi connectivity index (χ2v) is 3.96. The van der Waals surface area contributed by atoms with E-state index in [1.807, 2.05) is 62.6 Å². The van der Waals surface area contributed by atoms with Crippen molar-refractivity contribution in [2.75, 3.05) is 24.7 Å². The Bertz CT molecular complexity index is 550. The van der Waals surface area contributed by atoms with Crippen molar-refractivity contribution in [3.63, 3.8) is 0 Å². The summed E-state index contributed by atoms with van der Waals surface area (Å²) in [5.74, 6) is 0.0368. The first kappa shape index (κ1) is 12.2. The Balaban J connectivity index is 2.37. The van der Waals surface area contributed by atoms with Crippen LogP contribution >= 0.6 is 0 Å². The molecule has 0 atom stereocenters. The largest absolute Gasteiger partial charge is 0.386 e. The summed E-state index contributed by atoms with van der Waals surface area (Å²) in [6, 6.07) is 14.9. The van der Waals surface area contributed by atoms with Crippen LogP contribution in [0.2, 0.25) is 0 Å². The quantitative estimate of drug-likeness (QED) is 0.807. The van der Waals surface area contributed by atoms with Gasteiger partial charge in [0, 0.05) is 25.2 Å². The van der Waals surface area contributed by atoms with Gasteiger partial charge < -0.3 is 10.6 Å². The number of benzene rings is 2. The van der Waals surface area contributed by atoms with Gasteiger partial charge in [0.25, 0.3) is 0 Å². The maximum atomic E-state index is 12.3. The molecule has 0 heterocycles. The van der Waals surface area contributed by atoms with Crippen molar-refractivity contribution in [2.45, 2.75) is 0 Å². The Labute approximate surface area is 107 Å². The van der Waals surface area contributed by atoms with Crippen LogP contribution in [0.25, 0.3) is 0 Å². The summed E-state index contributed by atoms with van der Waals surface area (Å²) in [5, 5.41) is 6.16. The topological polar surface area (TPSA) is 41.1 Å². The lowest BCUT2D eigenvalue weighted by Gasteiger charge is -2.10. The molecule has 0 saturated carbocycles. The molecule has 0 aliphatic carbocycles. The van der Waals surface area contributed by atoms with Gasteiger partial charge >= 0.3 is 0 Å². The number of anilines is 2. The van der Waals surface area contributed by atoms with Crippen LogP contribution in [0.5, 0.6) is 0 Å². The first-order valence-corrected chi connectivity index (χ1v) is 5.85. The number of hydrogen-bond donors (Lipinski definition) is 2. The molecular weight excluding hydrogens is 224 g/mol. The fourth-order valence-electron chi connectivity index (χ4n) is 1.87. The van der Waals surface area contributed by atoms with Gasteiger partial charge in [0.05, 0.1) is 11.4 Å². The van der Waals surface area contributed by atoms with Gasteiger partial charge in [0.15, 0.2) is 5.78 Å². The predicted molar refractivity (Wildman–Crippen MR) is 75.4 cm³/mol. The van der Waals surface area contributed by atoms with Crippen molar-refractivity contribution in [2.24, 2.45) is 0 Å². The SMILES string of the molecule is CNc1ccc(C(=O)c2ccccc2)cc1NC. The molecule has 2 rings (SSSR count). The second kappa shape index (κ2) is 5.36. The minimum Gasteiger partial charge on any atom is -0.386 e. The molecule has 0 aromatic heterocycles. The van der Waals surface area contributed by atoms with Gasteiger partial charge in [0.1, 0.15) is 0 Å². The molecule has 18 heavy (non-hydrogen) atoms. The zero-order valence-corrected chi connectivity index (χ0v) is 10.5. The van der Waals surface area contributed by atoms with Crippen molar-refractivity contribution < 1.29 is 4.79 Å². The highest BCUT2D eigenvalue weighted by Crippen LogP contribution is 2.23. The number of carbonyl (C=O) groups excluding carboxylic acids is 1. The van der Waals surface area contributed by atoms with Crippen molar-refractivity contribution in [1.82, 2.24) is 0 Å². The molecule has 3 heteroatoms. The minimum atomic E-state index is 0.0368. The predicted octanol–water partition coefficient (Wildman–Crippen LogP) is 3.00. The van der Waals surface area contributed by atoms with E-state index in [0.29, 0.717) is 11.1 Å². The van der Waals surface area contributed by atoms with Crippen LogP contribution in [0.3, 0.4) is 0 Å². The Morgan fingerprint density at radius 2 is 1.50 bits per heavy atom. The zero-order valence-electron chi connectivity index (χ0n) is 10.5. The summed E-state index contributed by atoms with van der Waals surface area (Å²) in [6.07, 6.45) is 0. The van der Waals surface area contributed by atoms with Gasteiger partial charge in [-0.1, -0.05) is 30.3 Å². The molecule has 0 amide bonds. The van der Waals surface area contributed by atoms with Gasteiger partial charge in [-0.2, -0.15) is 0 Å². The Morgan fingerprint density at radius 3 is 2.11 bits per heavy atom. The first-order chi connectivity index (χ1) is 8.76. The summed E-state index contributed by atoms with van der Waals surface area (Å²) < 4.78 is 0. The normalized spacial score (nSPS) is 9.89. The second-order valence-electron chi connectivity index (χ2n) is 3.96. The molecule has 2 aromatic carbocycles. The van der Waals surface area contributed by atoms with E-state index in [2.05, 4.69) is 10.6 Å². The molecule has 0 spiro atoms. The van der Waals surface area contributed by atoms with Crippen LogP contribution in [-0.2, 0) is 0 Å². The van der Waals surface area contributed by atoms with E-state index in [9.17, 15) is 4.79 Å². The van der Waals surface area contributed by atoms with Crippen LogP contribution in [0.15, 0.2) is 48.5 Å². The van der Waals surface area contributed by atoms with E-state index in [0.717, 1.165) is 11.4 Å². The third-order valence-electron chi connectivity index (χ3n) is 2.86. The fourth-order valence-corrected chi connectivity index (χ4v) is 1.87. The number of hydrogen-bond acceptors (Lipinski definition) is 3. The third-order valence-corrected chi connectivity index (χ3v) is 2.86. The summed E-state index contributed by atoms with van der Waals surface area (Å²) >= 11 is 0. The van der Waals surface area contributed by atoms with E-state index in [1.165, 1.54) is 0 Å². The Morgan fingerprint density at radius 1 is 0.833 bits per heavy atom. The van der Waals surface area contributed by atoms with Gasteiger partial charge in [-0.15, -0.1) is 0 Å². The molecule has 0 bridgehead atoms.